The molecule has 106 valence electrons. The maximum Gasteiger partial charge on any atom is 0.0923 e. The molecule has 1 heterocycles. The number of benzene rings is 1. The van der Waals surface area contributed by atoms with Gasteiger partial charge in [-0.15, -0.1) is 11.8 Å². The number of anilines is 1. The Balaban J connectivity index is 2.01. The molecule has 0 aromatic heterocycles. The van der Waals surface area contributed by atoms with Crippen LogP contribution in [0.1, 0.15) is 52.4 Å². The van der Waals surface area contributed by atoms with Gasteiger partial charge in [0.1, 0.15) is 0 Å². The number of nitrogens with one attached hydrogen (secondary N) is 1. The maximum absolute atomic E-state index is 3.70. The first-order valence-electron chi connectivity index (χ1n) is 7.61. The molecule has 19 heavy (non-hydrogen) atoms. The molecule has 1 aromatic carbocycles. The molecule has 0 saturated carbocycles. The fourth-order valence-electron chi connectivity index (χ4n) is 2.45. The summed E-state index contributed by atoms with van der Waals surface area (Å²) >= 11 is 2.11. The zero-order chi connectivity index (χ0) is 13.5. The van der Waals surface area contributed by atoms with Gasteiger partial charge in [-0.05, 0) is 25.0 Å². The van der Waals surface area contributed by atoms with Crippen molar-refractivity contribution in [2.45, 2.75) is 63.1 Å². The lowest BCUT2D eigenvalue weighted by Gasteiger charge is -2.25. The Bertz CT molecular complexity index is 355. The predicted octanol–water partition coefficient (Wildman–Crippen LogP) is 4.78. The molecule has 0 radical (unpaired) electrons. The molecule has 1 fully saturated rings. The standard InChI is InChI=1S/C16H26N2S/c1-3-5-12-15-17-18(14-10-8-7-9-11-14)16(19-15)13-6-4-2/h7-11,15-17H,3-6,12-13H2,1-2H3. The minimum Gasteiger partial charge on any atom is -0.294 e. The van der Waals surface area contributed by atoms with Gasteiger partial charge in [-0.2, -0.15) is 0 Å². The van der Waals surface area contributed by atoms with E-state index in [2.05, 4.69) is 66.4 Å². The van der Waals surface area contributed by atoms with Crippen LogP contribution in [-0.2, 0) is 0 Å². The number of thioether (sulfide) groups is 1. The summed E-state index contributed by atoms with van der Waals surface area (Å²) in [5.41, 5.74) is 5.00. The van der Waals surface area contributed by atoms with E-state index in [-0.39, 0.29) is 0 Å². The Hall–Kier alpha value is -0.670. The number of unbranched alkanes of at least 4 members (excludes halogenated alkanes) is 2. The molecule has 0 bridgehead atoms. The second-order valence-corrected chi connectivity index (χ2v) is 6.58. The lowest BCUT2D eigenvalue weighted by Crippen LogP contribution is -2.39. The number of nitrogens with zero attached hydrogens (tertiary/aromatic N) is 1. The third kappa shape index (κ3) is 4.15. The van der Waals surface area contributed by atoms with E-state index in [1.165, 1.54) is 44.2 Å². The van der Waals surface area contributed by atoms with Crippen LogP contribution in [0.3, 0.4) is 0 Å². The molecule has 1 N–H and O–H groups in total. The number of rotatable bonds is 7. The Kier molecular flexibility index (Phi) is 6.05. The first-order chi connectivity index (χ1) is 9.35. The molecule has 3 heteroatoms. The quantitative estimate of drug-likeness (QED) is 0.773. The molecule has 1 saturated heterocycles. The minimum absolute atomic E-state index is 0.585. The molecular weight excluding hydrogens is 252 g/mol. The summed E-state index contributed by atoms with van der Waals surface area (Å²) in [4.78, 5) is 0. The summed E-state index contributed by atoms with van der Waals surface area (Å²) in [7, 11) is 0. The van der Waals surface area contributed by atoms with Gasteiger partial charge in [0, 0.05) is 0 Å². The van der Waals surface area contributed by atoms with Crippen LogP contribution < -0.4 is 10.4 Å². The third-order valence-electron chi connectivity index (χ3n) is 3.55. The van der Waals surface area contributed by atoms with Gasteiger partial charge in [-0.1, -0.05) is 57.7 Å². The first-order valence-corrected chi connectivity index (χ1v) is 8.55. The van der Waals surface area contributed by atoms with Gasteiger partial charge in [-0.3, -0.25) is 5.01 Å². The summed E-state index contributed by atoms with van der Waals surface area (Å²) in [6.07, 6.45) is 7.72. The molecule has 0 amide bonds. The molecular formula is C16H26N2S. The smallest absolute Gasteiger partial charge is 0.0923 e. The predicted molar refractivity (Wildman–Crippen MR) is 86.3 cm³/mol. The van der Waals surface area contributed by atoms with Crippen molar-refractivity contribution < 1.29 is 0 Å². The minimum atomic E-state index is 0.585. The van der Waals surface area contributed by atoms with Crippen molar-refractivity contribution in [1.29, 1.82) is 0 Å². The summed E-state index contributed by atoms with van der Waals surface area (Å²) in [5.74, 6) is 0. The number of hydrogen-bond donors (Lipinski definition) is 1. The molecule has 1 aliphatic heterocycles. The van der Waals surface area contributed by atoms with Crippen molar-refractivity contribution in [3.8, 4) is 0 Å². The van der Waals surface area contributed by atoms with Gasteiger partial charge in [0.25, 0.3) is 0 Å². The SMILES string of the molecule is CCCCC1NN(c2ccccc2)C(CCCC)S1. The van der Waals surface area contributed by atoms with Crippen LogP contribution in [0.25, 0.3) is 0 Å². The normalized spacial score (nSPS) is 22.9. The number of hydrogen-bond acceptors (Lipinski definition) is 3. The van der Waals surface area contributed by atoms with Gasteiger partial charge >= 0.3 is 0 Å². The summed E-state index contributed by atoms with van der Waals surface area (Å²) in [6, 6.07) is 10.7. The van der Waals surface area contributed by atoms with E-state index >= 15 is 0 Å². The molecule has 1 aromatic rings. The lowest BCUT2D eigenvalue weighted by molar-refractivity contribution is 0.554. The summed E-state index contributed by atoms with van der Waals surface area (Å²) in [6.45, 7) is 4.54. The molecule has 2 nitrogen and oxygen atoms in total. The van der Waals surface area contributed by atoms with E-state index in [4.69, 9.17) is 0 Å². The topological polar surface area (TPSA) is 15.3 Å². The molecule has 2 atom stereocenters. The second kappa shape index (κ2) is 7.81. The average molecular weight is 278 g/mol. The van der Waals surface area contributed by atoms with Crippen LogP contribution in [0.2, 0.25) is 0 Å². The van der Waals surface area contributed by atoms with Crippen LogP contribution >= 0.6 is 11.8 Å². The van der Waals surface area contributed by atoms with E-state index < -0.39 is 0 Å². The zero-order valence-electron chi connectivity index (χ0n) is 12.1. The Morgan fingerprint density at radius 1 is 1.05 bits per heavy atom. The monoisotopic (exact) mass is 278 g/mol. The highest BCUT2D eigenvalue weighted by Gasteiger charge is 2.31. The van der Waals surface area contributed by atoms with Crippen molar-refractivity contribution in [2.24, 2.45) is 0 Å². The van der Waals surface area contributed by atoms with Crippen molar-refractivity contribution in [3.63, 3.8) is 0 Å². The van der Waals surface area contributed by atoms with Crippen LogP contribution in [-0.4, -0.2) is 10.7 Å². The fourth-order valence-corrected chi connectivity index (χ4v) is 3.91. The Morgan fingerprint density at radius 2 is 1.74 bits per heavy atom. The third-order valence-corrected chi connectivity index (χ3v) is 4.98. The maximum atomic E-state index is 3.70. The lowest BCUT2D eigenvalue weighted by atomic mass is 10.2. The van der Waals surface area contributed by atoms with Crippen LogP contribution in [0.4, 0.5) is 5.69 Å². The summed E-state index contributed by atoms with van der Waals surface area (Å²) < 4.78 is 0. The fraction of sp³-hybridized carbons (Fsp3) is 0.625. The molecule has 2 rings (SSSR count). The van der Waals surface area contributed by atoms with E-state index in [0.29, 0.717) is 10.7 Å². The van der Waals surface area contributed by atoms with Crippen molar-refractivity contribution >= 4 is 17.4 Å². The van der Waals surface area contributed by atoms with E-state index in [1.54, 1.807) is 0 Å². The molecule has 1 aliphatic rings. The number of para-hydroxylation sites is 1. The van der Waals surface area contributed by atoms with Gasteiger partial charge < -0.3 is 0 Å². The average Bonchev–Trinajstić information content (AvgIpc) is 2.87. The van der Waals surface area contributed by atoms with Gasteiger partial charge in [0.2, 0.25) is 0 Å². The van der Waals surface area contributed by atoms with E-state index in [0.717, 1.165) is 0 Å². The van der Waals surface area contributed by atoms with Crippen LogP contribution in [0, 0.1) is 0 Å². The molecule has 0 aliphatic carbocycles. The van der Waals surface area contributed by atoms with Crippen molar-refractivity contribution in [1.82, 2.24) is 5.43 Å². The highest BCUT2D eigenvalue weighted by Crippen LogP contribution is 2.35. The van der Waals surface area contributed by atoms with E-state index in [1.807, 2.05) is 0 Å². The van der Waals surface area contributed by atoms with Crippen molar-refractivity contribution in [3.05, 3.63) is 30.3 Å². The second-order valence-electron chi connectivity index (χ2n) is 5.20. The molecule has 0 spiro atoms. The Morgan fingerprint density at radius 3 is 2.42 bits per heavy atom. The van der Waals surface area contributed by atoms with Gasteiger partial charge in [-0.25, -0.2) is 5.43 Å². The van der Waals surface area contributed by atoms with Crippen LogP contribution in [0.5, 0.6) is 0 Å². The zero-order valence-corrected chi connectivity index (χ0v) is 13.0. The summed E-state index contributed by atoms with van der Waals surface area (Å²) in [5, 5.41) is 3.56. The number of hydrazine groups is 1. The largest absolute Gasteiger partial charge is 0.294 e. The Labute approximate surface area is 121 Å². The van der Waals surface area contributed by atoms with E-state index in [9.17, 15) is 0 Å². The molecule has 2 unspecified atom stereocenters. The van der Waals surface area contributed by atoms with Gasteiger partial charge in [0.05, 0.1) is 16.4 Å². The van der Waals surface area contributed by atoms with Gasteiger partial charge in [0.15, 0.2) is 0 Å². The van der Waals surface area contributed by atoms with Crippen LogP contribution in [0.15, 0.2) is 30.3 Å². The highest BCUT2D eigenvalue weighted by molar-refractivity contribution is 8.00. The highest BCUT2D eigenvalue weighted by atomic mass is 32.2. The van der Waals surface area contributed by atoms with Crippen molar-refractivity contribution in [2.75, 3.05) is 5.01 Å². The first kappa shape index (κ1) is 14.7.